The van der Waals surface area contributed by atoms with Crippen LogP contribution in [0.1, 0.15) is 51.9 Å². The van der Waals surface area contributed by atoms with E-state index in [4.69, 9.17) is 16.6 Å². The summed E-state index contributed by atoms with van der Waals surface area (Å²) in [6, 6.07) is -4.72. The molecule has 0 aromatic heterocycles. The minimum Gasteiger partial charge on any atom is -0.481 e. The standard InChI is InChI=1S/C20H35N5O8/c1-11(26)16(22)18(30)23-12(7-8-15(27)28)17(29)24-13(5-2-3-9-21)19(31)25-10-4-6-14(25)20(32)33/h11-14,16,26H,2-10,21-22H2,1H3,(H,23,30)(H,24,29)(H,27,28)(H,32,33). The summed E-state index contributed by atoms with van der Waals surface area (Å²) < 4.78 is 0. The Morgan fingerprint density at radius 3 is 2.21 bits per heavy atom. The lowest BCUT2D eigenvalue weighted by molar-refractivity contribution is -0.149. The van der Waals surface area contributed by atoms with Crippen LogP contribution in [0.5, 0.6) is 0 Å². The van der Waals surface area contributed by atoms with Crippen molar-refractivity contribution in [2.24, 2.45) is 11.5 Å². The number of carbonyl (C=O) groups is 5. The van der Waals surface area contributed by atoms with Crippen LogP contribution in [0.3, 0.4) is 0 Å². The summed E-state index contributed by atoms with van der Waals surface area (Å²) in [4.78, 5) is 61.9. The summed E-state index contributed by atoms with van der Waals surface area (Å²) in [5.74, 6) is -4.55. The van der Waals surface area contributed by atoms with Gasteiger partial charge in [-0.25, -0.2) is 4.79 Å². The van der Waals surface area contributed by atoms with E-state index in [0.717, 1.165) is 0 Å². The Morgan fingerprint density at radius 1 is 1.03 bits per heavy atom. The number of aliphatic carboxylic acids is 2. The van der Waals surface area contributed by atoms with Gasteiger partial charge in [-0.2, -0.15) is 0 Å². The van der Waals surface area contributed by atoms with Gasteiger partial charge < -0.3 is 42.3 Å². The zero-order valence-corrected chi connectivity index (χ0v) is 18.7. The summed E-state index contributed by atoms with van der Waals surface area (Å²) in [6.07, 6.45) is 0.146. The fourth-order valence-electron chi connectivity index (χ4n) is 3.53. The number of nitrogens with zero attached hydrogens (tertiary/aromatic N) is 1. The molecule has 1 aliphatic rings. The van der Waals surface area contributed by atoms with Crippen LogP contribution < -0.4 is 22.1 Å². The van der Waals surface area contributed by atoms with Crippen LogP contribution >= 0.6 is 0 Å². The van der Waals surface area contributed by atoms with E-state index in [9.17, 15) is 34.2 Å². The van der Waals surface area contributed by atoms with E-state index >= 15 is 0 Å². The molecule has 13 nitrogen and oxygen atoms in total. The quantitative estimate of drug-likeness (QED) is 0.134. The second-order valence-electron chi connectivity index (χ2n) is 8.13. The van der Waals surface area contributed by atoms with E-state index in [2.05, 4.69) is 10.6 Å². The first kappa shape index (κ1) is 28.3. The van der Waals surface area contributed by atoms with Crippen molar-refractivity contribution in [2.75, 3.05) is 13.1 Å². The van der Waals surface area contributed by atoms with Gasteiger partial charge in [-0.3, -0.25) is 19.2 Å². The molecule has 0 aromatic carbocycles. The number of likely N-dealkylation sites (tertiary alicyclic amines) is 1. The van der Waals surface area contributed by atoms with Crippen LogP contribution in [0.15, 0.2) is 0 Å². The molecule has 33 heavy (non-hydrogen) atoms. The van der Waals surface area contributed by atoms with Gasteiger partial charge in [0.1, 0.15) is 24.2 Å². The Labute approximate surface area is 191 Å². The molecule has 0 bridgehead atoms. The molecule has 5 atom stereocenters. The number of carboxylic acids is 2. The third-order valence-electron chi connectivity index (χ3n) is 5.48. The predicted molar refractivity (Wildman–Crippen MR) is 116 cm³/mol. The summed E-state index contributed by atoms with van der Waals surface area (Å²) in [7, 11) is 0. The highest BCUT2D eigenvalue weighted by molar-refractivity contribution is 5.94. The van der Waals surface area contributed by atoms with E-state index < -0.39 is 66.4 Å². The maximum Gasteiger partial charge on any atom is 0.326 e. The average Bonchev–Trinajstić information content (AvgIpc) is 3.24. The van der Waals surface area contributed by atoms with Gasteiger partial charge in [-0.1, -0.05) is 0 Å². The van der Waals surface area contributed by atoms with Gasteiger partial charge in [0, 0.05) is 13.0 Å². The van der Waals surface area contributed by atoms with Crippen molar-refractivity contribution in [3.05, 3.63) is 0 Å². The summed E-state index contributed by atoms with van der Waals surface area (Å²) in [6.45, 7) is 1.89. The molecule has 13 heteroatoms. The zero-order chi connectivity index (χ0) is 25.1. The first-order valence-electron chi connectivity index (χ1n) is 11.0. The number of nitrogens with two attached hydrogens (primary N) is 2. The fraction of sp³-hybridized carbons (Fsp3) is 0.750. The van der Waals surface area contributed by atoms with Crippen LogP contribution in [-0.2, 0) is 24.0 Å². The maximum atomic E-state index is 13.1. The Morgan fingerprint density at radius 2 is 1.67 bits per heavy atom. The fourth-order valence-corrected chi connectivity index (χ4v) is 3.53. The maximum absolute atomic E-state index is 13.1. The van der Waals surface area contributed by atoms with E-state index in [-0.39, 0.29) is 19.4 Å². The molecule has 0 aliphatic carbocycles. The molecule has 5 unspecified atom stereocenters. The topological polar surface area (TPSA) is 225 Å². The van der Waals surface area contributed by atoms with Crippen LogP contribution in [0.2, 0.25) is 0 Å². The van der Waals surface area contributed by atoms with E-state index in [1.165, 1.54) is 11.8 Å². The monoisotopic (exact) mass is 473 g/mol. The largest absolute Gasteiger partial charge is 0.481 e. The predicted octanol–water partition coefficient (Wildman–Crippen LogP) is -2.27. The van der Waals surface area contributed by atoms with Gasteiger partial charge in [0.05, 0.1) is 6.10 Å². The highest BCUT2D eigenvalue weighted by atomic mass is 16.4. The summed E-state index contributed by atoms with van der Waals surface area (Å²) in [5, 5.41) is 32.7. The molecule has 0 radical (unpaired) electrons. The number of unbranched alkanes of at least 4 members (excludes halogenated alkanes) is 1. The lowest BCUT2D eigenvalue weighted by Gasteiger charge is -2.29. The molecule has 1 aliphatic heterocycles. The summed E-state index contributed by atoms with van der Waals surface area (Å²) in [5.41, 5.74) is 11.1. The van der Waals surface area contributed by atoms with Crippen LogP contribution in [0.25, 0.3) is 0 Å². The molecule has 1 heterocycles. The molecule has 1 rings (SSSR count). The van der Waals surface area contributed by atoms with Crippen molar-refractivity contribution in [2.45, 2.75) is 82.1 Å². The SMILES string of the molecule is CC(O)C(N)C(=O)NC(CCC(=O)O)C(=O)NC(CCCCN)C(=O)N1CCCC1C(=O)O. The molecule has 9 N–H and O–H groups in total. The lowest BCUT2D eigenvalue weighted by atomic mass is 10.0. The first-order chi connectivity index (χ1) is 15.5. The van der Waals surface area contributed by atoms with E-state index in [0.29, 0.717) is 32.2 Å². The van der Waals surface area contributed by atoms with Crippen LogP contribution in [0.4, 0.5) is 0 Å². The van der Waals surface area contributed by atoms with Crippen molar-refractivity contribution in [1.29, 1.82) is 0 Å². The van der Waals surface area contributed by atoms with Crippen LogP contribution in [0, 0.1) is 0 Å². The number of carbonyl (C=O) groups excluding carboxylic acids is 3. The Bertz CT molecular complexity index is 717. The number of carboxylic acid groups (broad SMARTS) is 2. The van der Waals surface area contributed by atoms with Crippen molar-refractivity contribution in [1.82, 2.24) is 15.5 Å². The molecule has 1 fully saturated rings. The second kappa shape index (κ2) is 13.7. The highest BCUT2D eigenvalue weighted by Crippen LogP contribution is 2.20. The van der Waals surface area contributed by atoms with Crippen molar-refractivity contribution >= 4 is 29.7 Å². The Kier molecular flexibility index (Phi) is 11.7. The van der Waals surface area contributed by atoms with Gasteiger partial charge in [-0.05, 0) is 52.0 Å². The van der Waals surface area contributed by atoms with Crippen molar-refractivity contribution in [3.8, 4) is 0 Å². The number of aliphatic hydroxyl groups is 1. The van der Waals surface area contributed by atoms with Crippen molar-refractivity contribution in [3.63, 3.8) is 0 Å². The lowest BCUT2D eigenvalue weighted by Crippen LogP contribution is -2.58. The molecule has 3 amide bonds. The molecule has 1 saturated heterocycles. The smallest absolute Gasteiger partial charge is 0.326 e. The molecule has 0 saturated carbocycles. The van der Waals surface area contributed by atoms with E-state index in [1.54, 1.807) is 0 Å². The molecule has 0 aromatic rings. The number of rotatable bonds is 14. The number of aliphatic hydroxyl groups excluding tert-OH is 1. The van der Waals surface area contributed by atoms with Gasteiger partial charge in [0.2, 0.25) is 17.7 Å². The normalized spacial score (nSPS) is 19.3. The number of hydrogen-bond acceptors (Lipinski definition) is 8. The van der Waals surface area contributed by atoms with Gasteiger partial charge in [-0.15, -0.1) is 0 Å². The average molecular weight is 474 g/mol. The third kappa shape index (κ3) is 8.94. The highest BCUT2D eigenvalue weighted by Gasteiger charge is 2.38. The van der Waals surface area contributed by atoms with Crippen molar-refractivity contribution < 1.29 is 39.3 Å². The summed E-state index contributed by atoms with van der Waals surface area (Å²) >= 11 is 0. The number of nitrogens with one attached hydrogen (secondary N) is 2. The molecule has 0 spiro atoms. The Hall–Kier alpha value is -2.77. The third-order valence-corrected chi connectivity index (χ3v) is 5.48. The molecule has 188 valence electrons. The minimum absolute atomic E-state index is 0.192. The minimum atomic E-state index is -1.34. The second-order valence-corrected chi connectivity index (χ2v) is 8.13. The molecular formula is C20H35N5O8. The molecular weight excluding hydrogens is 438 g/mol. The Balaban J connectivity index is 3.02. The van der Waals surface area contributed by atoms with E-state index in [1.807, 2.05) is 0 Å². The van der Waals surface area contributed by atoms with Gasteiger partial charge >= 0.3 is 11.9 Å². The number of hydrogen-bond donors (Lipinski definition) is 7. The van der Waals surface area contributed by atoms with Crippen LogP contribution in [-0.4, -0.2) is 93.2 Å². The zero-order valence-electron chi connectivity index (χ0n) is 18.7. The van der Waals surface area contributed by atoms with Gasteiger partial charge in [0.25, 0.3) is 0 Å². The van der Waals surface area contributed by atoms with Gasteiger partial charge in [0.15, 0.2) is 0 Å². The first-order valence-corrected chi connectivity index (χ1v) is 11.0. The number of amides is 3.